The number of rotatable bonds is 3. The van der Waals surface area contributed by atoms with E-state index in [0.717, 1.165) is 5.69 Å². The van der Waals surface area contributed by atoms with E-state index in [-0.39, 0.29) is 24.3 Å². The molecule has 2 heterocycles. The van der Waals surface area contributed by atoms with Gasteiger partial charge >= 0.3 is 0 Å². The highest BCUT2D eigenvalue weighted by atomic mass is 16.3. The second kappa shape index (κ2) is 6.48. The van der Waals surface area contributed by atoms with Crippen LogP contribution in [0.4, 0.5) is 11.4 Å². The van der Waals surface area contributed by atoms with Gasteiger partial charge in [0.25, 0.3) is 0 Å². The van der Waals surface area contributed by atoms with Crippen LogP contribution in [0.3, 0.4) is 0 Å². The van der Waals surface area contributed by atoms with Crippen LogP contribution in [0.1, 0.15) is 45.4 Å². The van der Waals surface area contributed by atoms with Crippen LogP contribution in [0.2, 0.25) is 0 Å². The monoisotopic (exact) mass is 344 g/mol. The molecular weight excluding hydrogens is 320 g/mol. The summed E-state index contributed by atoms with van der Waals surface area (Å²) in [6.45, 7) is 5.91. The number of imide groups is 1. The Morgan fingerprint density at radius 1 is 1.36 bits per heavy atom. The van der Waals surface area contributed by atoms with Crippen LogP contribution in [0, 0.1) is 0 Å². The van der Waals surface area contributed by atoms with Gasteiger partial charge in [-0.05, 0) is 39.3 Å². The number of nitrogens with one attached hydrogen (secondary N) is 1. The van der Waals surface area contributed by atoms with E-state index in [1.807, 2.05) is 25.2 Å². The Balaban J connectivity index is 2.03. The summed E-state index contributed by atoms with van der Waals surface area (Å²) in [5, 5.41) is 13.4. The maximum atomic E-state index is 12.3. The molecule has 2 unspecified atom stereocenters. The van der Waals surface area contributed by atoms with Gasteiger partial charge in [-0.1, -0.05) is 6.07 Å². The van der Waals surface area contributed by atoms with E-state index in [4.69, 9.17) is 0 Å². The lowest BCUT2D eigenvalue weighted by Gasteiger charge is -2.41. The summed E-state index contributed by atoms with van der Waals surface area (Å²) >= 11 is 0. The Bertz CT molecular complexity index is 744. The summed E-state index contributed by atoms with van der Waals surface area (Å²) in [6.07, 6.45) is -0.367. The van der Waals surface area contributed by atoms with Gasteiger partial charge in [0, 0.05) is 25.2 Å². The fourth-order valence-electron chi connectivity index (χ4n) is 3.38. The number of amidine groups is 1. The van der Waals surface area contributed by atoms with Gasteiger partial charge in [0.15, 0.2) is 6.23 Å². The average Bonchev–Trinajstić information content (AvgIpc) is 2.55. The summed E-state index contributed by atoms with van der Waals surface area (Å²) in [5.41, 5.74) is 2.28. The highest BCUT2D eigenvalue weighted by Gasteiger charge is 2.39. The number of aliphatic hydroxyl groups excluding tert-OH is 1. The van der Waals surface area contributed by atoms with Crippen LogP contribution < -0.4 is 10.2 Å². The van der Waals surface area contributed by atoms with Crippen LogP contribution in [-0.4, -0.2) is 46.8 Å². The van der Waals surface area contributed by atoms with Crippen molar-refractivity contribution in [3.05, 3.63) is 23.8 Å². The van der Waals surface area contributed by atoms with Crippen molar-refractivity contribution in [1.29, 1.82) is 0 Å². The molecular formula is C18H24N4O3. The highest BCUT2D eigenvalue weighted by Crippen LogP contribution is 2.41. The number of amides is 2. The van der Waals surface area contributed by atoms with Crippen molar-refractivity contribution in [1.82, 2.24) is 10.2 Å². The minimum absolute atomic E-state index is 0.245. The number of hydrogen-bond donors (Lipinski definition) is 2. The molecule has 0 radical (unpaired) electrons. The highest BCUT2D eigenvalue weighted by molar-refractivity contribution is 6.02. The molecule has 134 valence electrons. The average molecular weight is 344 g/mol. The summed E-state index contributed by atoms with van der Waals surface area (Å²) in [7, 11) is 1.97. The predicted octanol–water partition coefficient (Wildman–Crippen LogP) is 1.69. The zero-order chi connectivity index (χ0) is 18.3. The third-order valence-electron chi connectivity index (χ3n) is 4.94. The van der Waals surface area contributed by atoms with Crippen LogP contribution in [0.15, 0.2) is 23.2 Å². The van der Waals surface area contributed by atoms with Gasteiger partial charge in [-0.3, -0.25) is 14.9 Å². The quantitative estimate of drug-likeness (QED) is 0.815. The molecule has 1 saturated heterocycles. The number of carbonyl (C=O) groups excluding carboxylic acids is 2. The van der Waals surface area contributed by atoms with Crippen molar-refractivity contribution in [2.75, 3.05) is 11.9 Å². The number of piperidine rings is 1. The minimum atomic E-state index is -0.992. The number of nitrogens with zero attached hydrogens (tertiary/aromatic N) is 3. The van der Waals surface area contributed by atoms with Crippen LogP contribution in [-0.2, 0) is 9.59 Å². The van der Waals surface area contributed by atoms with Gasteiger partial charge in [0.1, 0.15) is 11.9 Å². The maximum Gasteiger partial charge on any atom is 0.249 e. The van der Waals surface area contributed by atoms with Gasteiger partial charge in [0.2, 0.25) is 11.8 Å². The Labute approximate surface area is 147 Å². The second-order valence-electron chi connectivity index (χ2n) is 6.82. The van der Waals surface area contributed by atoms with Crippen LogP contribution >= 0.6 is 0 Å². The molecule has 1 aromatic rings. The number of aliphatic imine (C=N–C) groups is 1. The molecule has 2 amide bonds. The standard InChI is InChI=1S/C18H24N4O3/c1-10(2)21(4)13-7-5-6-12-16(13)18(25)22(11(3)19-12)14-8-9-15(23)20-17(14)24/h5-7,10,14,18,25H,8-9H2,1-4H3,(H,20,23,24). The summed E-state index contributed by atoms with van der Waals surface area (Å²) in [6, 6.07) is 5.36. The van der Waals surface area contributed by atoms with Crippen molar-refractivity contribution < 1.29 is 14.7 Å². The first-order valence-corrected chi connectivity index (χ1v) is 8.52. The second-order valence-corrected chi connectivity index (χ2v) is 6.82. The molecule has 7 nitrogen and oxygen atoms in total. The van der Waals surface area contributed by atoms with E-state index in [1.165, 1.54) is 0 Å². The topological polar surface area (TPSA) is 85.2 Å². The SMILES string of the molecule is CC1=Nc2cccc(N(C)C(C)C)c2C(O)N1C1CCC(=O)NC1=O. The van der Waals surface area contributed by atoms with Gasteiger partial charge < -0.3 is 14.9 Å². The summed E-state index contributed by atoms with van der Waals surface area (Å²) in [4.78, 5) is 32.0. The summed E-state index contributed by atoms with van der Waals surface area (Å²) < 4.78 is 0. The fourth-order valence-corrected chi connectivity index (χ4v) is 3.38. The number of fused-ring (bicyclic) bond motifs is 1. The molecule has 7 heteroatoms. The smallest absolute Gasteiger partial charge is 0.249 e. The molecule has 0 aromatic heterocycles. The Kier molecular flexibility index (Phi) is 4.51. The van der Waals surface area contributed by atoms with E-state index in [9.17, 15) is 14.7 Å². The van der Waals surface area contributed by atoms with Gasteiger partial charge in [0.05, 0.1) is 11.3 Å². The molecule has 0 saturated carbocycles. The minimum Gasteiger partial charge on any atom is -0.372 e. The molecule has 1 aromatic carbocycles. The van der Waals surface area contributed by atoms with Gasteiger partial charge in [-0.2, -0.15) is 0 Å². The van der Waals surface area contributed by atoms with Crippen molar-refractivity contribution in [3.8, 4) is 0 Å². The fraction of sp³-hybridized carbons (Fsp3) is 0.500. The molecule has 0 bridgehead atoms. The Morgan fingerprint density at radius 2 is 2.08 bits per heavy atom. The van der Waals surface area contributed by atoms with Crippen molar-refractivity contribution >= 4 is 29.0 Å². The maximum absolute atomic E-state index is 12.3. The van der Waals surface area contributed by atoms with E-state index < -0.39 is 12.3 Å². The predicted molar refractivity (Wildman–Crippen MR) is 95.7 cm³/mol. The molecule has 2 aliphatic heterocycles. The third kappa shape index (κ3) is 3.00. The molecule has 0 spiro atoms. The van der Waals surface area contributed by atoms with E-state index >= 15 is 0 Å². The Hall–Kier alpha value is -2.41. The zero-order valence-electron chi connectivity index (χ0n) is 15.0. The lowest BCUT2D eigenvalue weighted by atomic mass is 9.99. The normalized spacial score (nSPS) is 23.3. The Morgan fingerprint density at radius 3 is 2.72 bits per heavy atom. The van der Waals surface area contributed by atoms with E-state index in [1.54, 1.807) is 11.8 Å². The molecule has 2 aliphatic rings. The molecule has 2 N–H and O–H groups in total. The molecule has 25 heavy (non-hydrogen) atoms. The summed E-state index contributed by atoms with van der Waals surface area (Å²) in [5.74, 6) is -0.0928. The van der Waals surface area contributed by atoms with Crippen LogP contribution in [0.25, 0.3) is 0 Å². The number of benzene rings is 1. The first-order valence-electron chi connectivity index (χ1n) is 8.52. The van der Waals surface area contributed by atoms with Gasteiger partial charge in [-0.15, -0.1) is 0 Å². The molecule has 2 atom stereocenters. The lowest BCUT2D eigenvalue weighted by molar-refractivity contribution is -0.139. The van der Waals surface area contributed by atoms with Crippen LogP contribution in [0.5, 0.6) is 0 Å². The zero-order valence-corrected chi connectivity index (χ0v) is 15.0. The van der Waals surface area contributed by atoms with Gasteiger partial charge in [-0.25, -0.2) is 4.99 Å². The molecule has 0 aliphatic carbocycles. The largest absolute Gasteiger partial charge is 0.372 e. The van der Waals surface area contributed by atoms with Crippen molar-refractivity contribution in [2.45, 2.75) is 51.9 Å². The first-order chi connectivity index (χ1) is 11.8. The number of hydrogen-bond acceptors (Lipinski definition) is 6. The van der Waals surface area contributed by atoms with E-state index in [2.05, 4.69) is 29.1 Å². The first kappa shape index (κ1) is 17.4. The molecule has 1 fully saturated rings. The number of anilines is 1. The third-order valence-corrected chi connectivity index (χ3v) is 4.94. The van der Waals surface area contributed by atoms with Crippen molar-refractivity contribution in [3.63, 3.8) is 0 Å². The molecule has 3 rings (SSSR count). The number of carbonyl (C=O) groups is 2. The number of aliphatic hydroxyl groups is 1. The lowest BCUT2D eigenvalue weighted by Crippen LogP contribution is -2.55. The van der Waals surface area contributed by atoms with E-state index in [0.29, 0.717) is 23.5 Å². The van der Waals surface area contributed by atoms with Crippen molar-refractivity contribution in [2.24, 2.45) is 4.99 Å².